The summed E-state index contributed by atoms with van der Waals surface area (Å²) in [6.45, 7) is 0. The second-order valence-corrected chi connectivity index (χ2v) is 10.9. The van der Waals surface area contributed by atoms with Crippen molar-refractivity contribution in [1.82, 2.24) is 10.3 Å². The van der Waals surface area contributed by atoms with Crippen molar-refractivity contribution >= 4 is 46.5 Å². The number of hydrazine groups is 1. The zero-order valence-electron chi connectivity index (χ0n) is 22.0. The lowest BCUT2D eigenvalue weighted by molar-refractivity contribution is -0.598. The quantitative estimate of drug-likeness (QED) is 0.189. The van der Waals surface area contributed by atoms with Crippen LogP contribution in [0.5, 0.6) is 0 Å². The highest BCUT2D eigenvalue weighted by molar-refractivity contribution is 6.36. The minimum atomic E-state index is -3.00. The smallest absolute Gasteiger partial charge is 0.317 e. The number of nitroso groups, excluding NO2 is 1. The first-order valence-corrected chi connectivity index (χ1v) is 13.7. The van der Waals surface area contributed by atoms with Gasteiger partial charge in [-0.3, -0.25) is 9.59 Å². The van der Waals surface area contributed by atoms with Crippen molar-refractivity contribution in [3.63, 3.8) is 0 Å². The van der Waals surface area contributed by atoms with Crippen LogP contribution in [0.15, 0.2) is 54.7 Å². The van der Waals surface area contributed by atoms with Gasteiger partial charge in [0.25, 0.3) is 11.8 Å². The molecule has 1 aliphatic heterocycles. The van der Waals surface area contributed by atoms with Gasteiger partial charge >= 0.3 is 6.17 Å². The molecule has 2 atom stereocenters. The van der Waals surface area contributed by atoms with Gasteiger partial charge in [-0.2, -0.15) is 5.26 Å². The Balaban J connectivity index is 1.66. The number of nitrogens with one attached hydrogen (secondary N) is 1. The van der Waals surface area contributed by atoms with E-state index in [1.54, 1.807) is 0 Å². The molecule has 43 heavy (non-hydrogen) atoms. The monoisotopic (exact) mass is 635 g/mol. The second kappa shape index (κ2) is 11.8. The molecular formula is C28H21Cl2F4N6O3+. The summed E-state index contributed by atoms with van der Waals surface area (Å²) in [7, 11) is 0. The van der Waals surface area contributed by atoms with Gasteiger partial charge in [0.15, 0.2) is 6.04 Å². The molecule has 1 N–H and O–H groups in total. The first kappa shape index (κ1) is 30.2. The summed E-state index contributed by atoms with van der Waals surface area (Å²) in [4.78, 5) is 46.6. The molecule has 1 saturated heterocycles. The number of amides is 2. The number of hydrogen-bond donors (Lipinski definition) is 1. The average Bonchev–Trinajstić information content (AvgIpc) is 3.31. The highest BCUT2D eigenvalue weighted by Gasteiger charge is 2.53. The van der Waals surface area contributed by atoms with Crippen LogP contribution >= 0.6 is 23.2 Å². The van der Waals surface area contributed by atoms with Gasteiger partial charge < -0.3 is 5.32 Å². The number of pyridine rings is 1. The zero-order chi connectivity index (χ0) is 31.1. The van der Waals surface area contributed by atoms with Crippen LogP contribution in [-0.2, 0) is 9.59 Å². The van der Waals surface area contributed by atoms with E-state index in [2.05, 4.69) is 10.3 Å². The van der Waals surface area contributed by atoms with Crippen molar-refractivity contribution in [3.8, 4) is 6.07 Å². The topological polar surface area (TPSA) is 109 Å². The van der Waals surface area contributed by atoms with Crippen molar-refractivity contribution in [2.24, 2.45) is 0 Å². The Morgan fingerprint density at radius 1 is 1.14 bits per heavy atom. The Morgan fingerprint density at radius 2 is 1.79 bits per heavy atom. The summed E-state index contributed by atoms with van der Waals surface area (Å²) in [5, 5.41) is 12.2. The number of benzene rings is 2. The summed E-state index contributed by atoms with van der Waals surface area (Å²) in [6.07, 6.45) is -1.75. The molecule has 0 bridgehead atoms. The van der Waals surface area contributed by atoms with E-state index in [0.717, 1.165) is 17.0 Å². The third kappa shape index (κ3) is 6.11. The van der Waals surface area contributed by atoms with Gasteiger partial charge in [-0.25, -0.2) is 27.4 Å². The van der Waals surface area contributed by atoms with E-state index in [1.807, 2.05) is 6.07 Å². The molecule has 2 aliphatic rings. The Labute approximate surface area is 252 Å². The largest absolute Gasteiger partial charge is 0.351 e. The predicted octanol–water partition coefficient (Wildman–Crippen LogP) is 5.85. The van der Waals surface area contributed by atoms with Crippen LogP contribution in [0, 0.1) is 27.9 Å². The van der Waals surface area contributed by atoms with Crippen LogP contribution in [-0.4, -0.2) is 39.8 Å². The summed E-state index contributed by atoms with van der Waals surface area (Å²) in [5.41, 5.74) is -0.469. The number of carbonyl (C=O) groups excluding carboxylic acids is 2. The fraction of sp³-hybridized carbons (Fsp3) is 0.286. The van der Waals surface area contributed by atoms with Gasteiger partial charge in [0.2, 0.25) is 5.91 Å². The molecule has 9 nitrogen and oxygen atoms in total. The molecule has 2 unspecified atom stereocenters. The highest BCUT2D eigenvalue weighted by Crippen LogP contribution is 2.41. The maximum absolute atomic E-state index is 14.6. The van der Waals surface area contributed by atoms with Crippen LogP contribution < -0.4 is 15.2 Å². The Hall–Kier alpha value is -4.28. The van der Waals surface area contributed by atoms with E-state index < -0.39 is 66.1 Å². The number of anilines is 2. The lowest BCUT2D eigenvalue weighted by Crippen LogP contribution is -2.56. The Kier molecular flexibility index (Phi) is 8.27. The molecule has 1 aliphatic carbocycles. The molecule has 1 aromatic heterocycles. The van der Waals surface area contributed by atoms with Gasteiger partial charge in [-0.1, -0.05) is 34.3 Å². The van der Waals surface area contributed by atoms with Crippen LogP contribution in [0.25, 0.3) is 0 Å². The van der Waals surface area contributed by atoms with E-state index in [0.29, 0.717) is 11.1 Å². The Bertz CT molecular complexity index is 1620. The maximum atomic E-state index is 14.6. The summed E-state index contributed by atoms with van der Waals surface area (Å²) in [5.74, 6) is -6.81. The van der Waals surface area contributed by atoms with E-state index in [9.17, 15) is 37.3 Å². The van der Waals surface area contributed by atoms with Crippen molar-refractivity contribution in [2.45, 2.75) is 49.9 Å². The molecule has 0 spiro atoms. The van der Waals surface area contributed by atoms with Crippen molar-refractivity contribution < 1.29 is 32.0 Å². The fourth-order valence-electron chi connectivity index (χ4n) is 5.15. The van der Waals surface area contributed by atoms with Crippen molar-refractivity contribution in [3.05, 3.63) is 92.4 Å². The summed E-state index contributed by atoms with van der Waals surface area (Å²) >= 11 is 12.9. The lowest BCUT2D eigenvalue weighted by Gasteiger charge is -2.37. The highest BCUT2D eigenvalue weighted by atomic mass is 35.5. The molecule has 2 fully saturated rings. The van der Waals surface area contributed by atoms with E-state index in [-0.39, 0.29) is 44.7 Å². The standard InChI is InChI=1S/C28H20Cl2F4N6O3/c29-20-2-1-3-21(30)25(20)26(27(42)37-18-12-28(33,34)13-18)39(19-10-16(31)9-17(32)11-19)40(43)23-4-5-24(41)38(23)22-8-15(14-35)6-7-36-22/h1-3,6-11,18,23,26H,4-5,12-13H2/p+1. The van der Waals surface area contributed by atoms with Crippen LogP contribution in [0.3, 0.4) is 0 Å². The first-order valence-electron chi connectivity index (χ1n) is 12.9. The van der Waals surface area contributed by atoms with Gasteiger partial charge in [-0.15, -0.1) is 0 Å². The molecule has 3 aromatic rings. The van der Waals surface area contributed by atoms with Gasteiger partial charge in [0, 0.05) is 71.7 Å². The number of halogens is 6. The number of nitriles is 1. The molecule has 5 rings (SSSR count). The molecule has 0 radical (unpaired) electrons. The lowest BCUT2D eigenvalue weighted by atomic mass is 9.88. The van der Waals surface area contributed by atoms with E-state index in [1.165, 1.54) is 36.5 Å². The average molecular weight is 636 g/mol. The number of rotatable bonds is 8. The number of carbonyl (C=O) groups is 2. The zero-order valence-corrected chi connectivity index (χ0v) is 23.5. The molecule has 222 valence electrons. The Morgan fingerprint density at radius 3 is 2.40 bits per heavy atom. The number of nitrogens with zero attached hydrogens (tertiary/aromatic N) is 5. The molecule has 1 saturated carbocycles. The SMILES string of the molecule is N#Cc1ccnc(N2C(=O)CCC2[N+](=O)N(c2cc(F)cc(F)c2)C(C(=O)NC2CC(F)(F)C2)c2c(Cl)cccc2Cl)c1. The fourth-order valence-corrected chi connectivity index (χ4v) is 5.75. The van der Waals surface area contributed by atoms with Gasteiger partial charge in [-0.05, 0) is 24.3 Å². The summed E-state index contributed by atoms with van der Waals surface area (Å²) in [6, 6.07) is 8.07. The minimum absolute atomic E-state index is 0.0498. The molecule has 15 heteroatoms. The van der Waals surface area contributed by atoms with E-state index in [4.69, 9.17) is 23.2 Å². The molecule has 2 aromatic carbocycles. The first-order chi connectivity index (χ1) is 20.4. The number of aromatic nitrogens is 1. The van der Waals surface area contributed by atoms with Crippen molar-refractivity contribution in [2.75, 3.05) is 9.91 Å². The van der Waals surface area contributed by atoms with Gasteiger partial charge in [0.1, 0.15) is 28.0 Å². The van der Waals surface area contributed by atoms with Crippen LogP contribution in [0.4, 0.5) is 29.1 Å². The normalized spacial score (nSPS) is 18.5. The molecule has 2 amide bonds. The third-order valence-corrected chi connectivity index (χ3v) is 7.75. The maximum Gasteiger partial charge on any atom is 0.317 e. The van der Waals surface area contributed by atoms with Crippen LogP contribution in [0.1, 0.15) is 42.9 Å². The number of alkyl halides is 2. The minimum Gasteiger partial charge on any atom is -0.351 e. The summed E-state index contributed by atoms with van der Waals surface area (Å²) < 4.78 is 56.4. The van der Waals surface area contributed by atoms with E-state index >= 15 is 0 Å². The van der Waals surface area contributed by atoms with Crippen LogP contribution in [0.2, 0.25) is 10.0 Å². The van der Waals surface area contributed by atoms with Crippen molar-refractivity contribution in [1.29, 1.82) is 5.26 Å². The molecule has 2 heterocycles. The predicted molar refractivity (Wildman–Crippen MR) is 147 cm³/mol. The number of hydrogen-bond acceptors (Lipinski definition) is 5. The third-order valence-electron chi connectivity index (χ3n) is 7.09. The van der Waals surface area contributed by atoms with Gasteiger partial charge in [0.05, 0.1) is 16.5 Å². The molecular weight excluding hydrogens is 615 g/mol. The second-order valence-electron chi connectivity index (χ2n) is 10.1.